The summed E-state index contributed by atoms with van der Waals surface area (Å²) in [4.78, 5) is 17.8. The van der Waals surface area contributed by atoms with E-state index in [0.717, 1.165) is 21.1 Å². The fraction of sp³-hybridized carbons (Fsp3) is 0.286. The molecule has 5 nitrogen and oxygen atoms in total. The number of pyridine rings is 1. The number of amides is 1. The van der Waals surface area contributed by atoms with Crippen molar-refractivity contribution in [3.8, 4) is 0 Å². The second-order valence-corrected chi connectivity index (χ2v) is 5.43. The molecule has 2 aromatic rings. The Kier molecular flexibility index (Phi) is 4.44. The molecule has 20 heavy (non-hydrogen) atoms. The summed E-state index contributed by atoms with van der Waals surface area (Å²) in [5.41, 5.74) is 8.19. The lowest BCUT2D eigenvalue weighted by molar-refractivity contribution is -0.127. The van der Waals surface area contributed by atoms with Gasteiger partial charge in [-0.05, 0) is 41.1 Å². The van der Waals surface area contributed by atoms with Crippen molar-refractivity contribution in [1.82, 2.24) is 9.88 Å². The van der Waals surface area contributed by atoms with E-state index < -0.39 is 0 Å². The zero-order valence-corrected chi connectivity index (χ0v) is 13.1. The first kappa shape index (κ1) is 14.6. The standard InChI is InChI=1S/C14H17BrN4O/c1-3-19(2)13(20)8-17-12-5-4-11(16)10-6-9(15)7-18-14(10)12/h4-7,17H,3,8,16H2,1-2H3. The smallest absolute Gasteiger partial charge is 0.241 e. The molecule has 0 saturated carbocycles. The van der Waals surface area contributed by atoms with Gasteiger partial charge in [-0.3, -0.25) is 9.78 Å². The molecule has 0 bridgehead atoms. The third kappa shape index (κ3) is 3.01. The van der Waals surface area contributed by atoms with Crippen molar-refractivity contribution in [2.24, 2.45) is 0 Å². The van der Waals surface area contributed by atoms with Gasteiger partial charge in [-0.2, -0.15) is 0 Å². The molecule has 3 N–H and O–H groups in total. The SMILES string of the molecule is CCN(C)C(=O)CNc1ccc(N)c2cc(Br)cnc12. The van der Waals surface area contributed by atoms with Gasteiger partial charge in [-0.15, -0.1) is 0 Å². The van der Waals surface area contributed by atoms with Crippen LogP contribution < -0.4 is 11.1 Å². The molecule has 0 atom stereocenters. The molecule has 1 heterocycles. The highest BCUT2D eigenvalue weighted by molar-refractivity contribution is 9.10. The number of hydrogen-bond acceptors (Lipinski definition) is 4. The molecule has 0 saturated heterocycles. The summed E-state index contributed by atoms with van der Waals surface area (Å²) < 4.78 is 0.871. The summed E-state index contributed by atoms with van der Waals surface area (Å²) >= 11 is 3.38. The molecule has 2 rings (SSSR count). The number of halogens is 1. The summed E-state index contributed by atoms with van der Waals surface area (Å²) in [6.07, 6.45) is 1.72. The number of nitrogens with one attached hydrogen (secondary N) is 1. The largest absolute Gasteiger partial charge is 0.398 e. The van der Waals surface area contributed by atoms with Gasteiger partial charge in [0.15, 0.2) is 0 Å². The lowest BCUT2D eigenvalue weighted by Gasteiger charge is -2.16. The molecule has 1 aromatic heterocycles. The van der Waals surface area contributed by atoms with Crippen LogP contribution in [0, 0.1) is 0 Å². The van der Waals surface area contributed by atoms with Gasteiger partial charge in [0.05, 0.1) is 17.7 Å². The van der Waals surface area contributed by atoms with Gasteiger partial charge in [0.2, 0.25) is 5.91 Å². The number of likely N-dealkylation sites (N-methyl/N-ethyl adjacent to an activating group) is 1. The van der Waals surface area contributed by atoms with Crippen molar-refractivity contribution < 1.29 is 4.79 Å². The van der Waals surface area contributed by atoms with Crippen molar-refractivity contribution in [2.75, 3.05) is 31.2 Å². The summed E-state index contributed by atoms with van der Waals surface area (Å²) in [6, 6.07) is 5.58. The maximum absolute atomic E-state index is 11.8. The zero-order valence-electron chi connectivity index (χ0n) is 11.5. The maximum Gasteiger partial charge on any atom is 0.241 e. The van der Waals surface area contributed by atoms with E-state index in [-0.39, 0.29) is 12.5 Å². The quantitative estimate of drug-likeness (QED) is 0.841. The lowest BCUT2D eigenvalue weighted by atomic mass is 10.1. The second kappa shape index (κ2) is 6.09. The molecule has 0 fully saturated rings. The number of rotatable bonds is 4. The predicted octanol–water partition coefficient (Wildman–Crippen LogP) is 2.47. The molecule has 0 aliphatic rings. The number of fused-ring (bicyclic) bond motifs is 1. The molecule has 0 spiro atoms. The number of hydrogen-bond donors (Lipinski definition) is 2. The lowest BCUT2D eigenvalue weighted by Crippen LogP contribution is -2.31. The molecule has 0 aliphatic heterocycles. The van der Waals surface area contributed by atoms with Gasteiger partial charge < -0.3 is 16.0 Å². The highest BCUT2D eigenvalue weighted by atomic mass is 79.9. The molecular formula is C14H17BrN4O. The summed E-state index contributed by atoms with van der Waals surface area (Å²) in [5, 5.41) is 3.99. The van der Waals surface area contributed by atoms with Crippen molar-refractivity contribution in [1.29, 1.82) is 0 Å². The Morgan fingerprint density at radius 2 is 2.25 bits per heavy atom. The minimum absolute atomic E-state index is 0.0367. The Labute approximate surface area is 126 Å². The van der Waals surface area contributed by atoms with Gasteiger partial charge in [0, 0.05) is 35.3 Å². The number of carbonyl (C=O) groups is 1. The van der Waals surface area contributed by atoms with E-state index >= 15 is 0 Å². The van der Waals surface area contributed by atoms with Crippen molar-refractivity contribution in [3.05, 3.63) is 28.9 Å². The van der Waals surface area contributed by atoms with Crippen LogP contribution in [-0.4, -0.2) is 35.9 Å². The molecule has 1 amide bonds. The van der Waals surface area contributed by atoms with Crippen LogP contribution in [0.25, 0.3) is 10.9 Å². The number of nitrogen functional groups attached to an aromatic ring is 1. The molecule has 0 unspecified atom stereocenters. The maximum atomic E-state index is 11.8. The third-order valence-electron chi connectivity index (χ3n) is 3.18. The summed E-state index contributed by atoms with van der Waals surface area (Å²) in [6.45, 7) is 2.87. The summed E-state index contributed by atoms with van der Waals surface area (Å²) in [5.74, 6) is 0.0367. The molecular weight excluding hydrogens is 320 g/mol. The third-order valence-corrected chi connectivity index (χ3v) is 3.61. The van der Waals surface area contributed by atoms with Crippen molar-refractivity contribution in [3.63, 3.8) is 0 Å². The molecule has 6 heteroatoms. The van der Waals surface area contributed by atoms with Gasteiger partial charge in [-0.25, -0.2) is 0 Å². The van der Waals surface area contributed by atoms with Crippen LogP contribution in [0.2, 0.25) is 0 Å². The van der Waals surface area contributed by atoms with Crippen LogP contribution in [0.5, 0.6) is 0 Å². The van der Waals surface area contributed by atoms with E-state index in [1.807, 2.05) is 25.1 Å². The molecule has 106 valence electrons. The van der Waals surface area contributed by atoms with E-state index in [2.05, 4.69) is 26.2 Å². The second-order valence-electron chi connectivity index (χ2n) is 4.51. The van der Waals surface area contributed by atoms with Crippen LogP contribution in [0.3, 0.4) is 0 Å². The molecule has 0 aliphatic carbocycles. The first-order valence-electron chi connectivity index (χ1n) is 6.34. The van der Waals surface area contributed by atoms with Gasteiger partial charge >= 0.3 is 0 Å². The number of carbonyl (C=O) groups excluding carboxylic acids is 1. The number of nitrogens with zero attached hydrogens (tertiary/aromatic N) is 2. The summed E-state index contributed by atoms with van der Waals surface area (Å²) in [7, 11) is 1.78. The Morgan fingerprint density at radius 3 is 2.95 bits per heavy atom. The van der Waals surface area contributed by atoms with Crippen molar-refractivity contribution in [2.45, 2.75) is 6.92 Å². The monoisotopic (exact) mass is 336 g/mol. The predicted molar refractivity (Wildman–Crippen MR) is 85.7 cm³/mol. The first-order chi connectivity index (χ1) is 9.52. The van der Waals surface area contributed by atoms with Crippen LogP contribution in [-0.2, 0) is 4.79 Å². The van der Waals surface area contributed by atoms with Crippen LogP contribution in [0.15, 0.2) is 28.9 Å². The van der Waals surface area contributed by atoms with Crippen LogP contribution in [0.1, 0.15) is 6.92 Å². The van der Waals surface area contributed by atoms with E-state index in [4.69, 9.17) is 5.73 Å². The van der Waals surface area contributed by atoms with Crippen molar-refractivity contribution >= 4 is 44.1 Å². The normalized spacial score (nSPS) is 10.6. The van der Waals surface area contributed by atoms with E-state index in [0.29, 0.717) is 12.2 Å². The highest BCUT2D eigenvalue weighted by Crippen LogP contribution is 2.28. The zero-order chi connectivity index (χ0) is 14.7. The highest BCUT2D eigenvalue weighted by Gasteiger charge is 2.09. The molecule has 0 radical (unpaired) electrons. The van der Waals surface area contributed by atoms with Gasteiger partial charge in [-0.1, -0.05) is 0 Å². The Bertz CT molecular complexity index is 644. The Morgan fingerprint density at radius 1 is 1.50 bits per heavy atom. The van der Waals surface area contributed by atoms with E-state index in [1.54, 1.807) is 18.1 Å². The minimum Gasteiger partial charge on any atom is -0.398 e. The van der Waals surface area contributed by atoms with Crippen LogP contribution >= 0.6 is 15.9 Å². The topological polar surface area (TPSA) is 71.2 Å². The first-order valence-corrected chi connectivity index (χ1v) is 7.13. The fourth-order valence-electron chi connectivity index (χ4n) is 1.84. The number of nitrogens with two attached hydrogens (primary N) is 1. The minimum atomic E-state index is 0.0367. The Balaban J connectivity index is 2.27. The van der Waals surface area contributed by atoms with E-state index in [9.17, 15) is 4.79 Å². The fourth-order valence-corrected chi connectivity index (χ4v) is 2.17. The molecule has 1 aromatic carbocycles. The Hall–Kier alpha value is -1.82. The van der Waals surface area contributed by atoms with Gasteiger partial charge in [0.1, 0.15) is 0 Å². The van der Waals surface area contributed by atoms with Crippen LogP contribution in [0.4, 0.5) is 11.4 Å². The number of anilines is 2. The number of benzene rings is 1. The van der Waals surface area contributed by atoms with E-state index in [1.165, 1.54) is 0 Å². The van der Waals surface area contributed by atoms with Gasteiger partial charge in [0.25, 0.3) is 0 Å². The average molecular weight is 337 g/mol. The average Bonchev–Trinajstić information content (AvgIpc) is 2.45. The number of aromatic nitrogens is 1.